The van der Waals surface area contributed by atoms with E-state index in [1.807, 2.05) is 0 Å². The van der Waals surface area contributed by atoms with Crippen molar-refractivity contribution in [2.45, 2.75) is 7.86 Å². The van der Waals surface area contributed by atoms with E-state index in [2.05, 4.69) is 9.78 Å². The van der Waals surface area contributed by atoms with Gasteiger partial charge < -0.3 is 0 Å². The number of alkyl halides is 6. The fraction of sp³-hybridized carbons (Fsp3) is 0.500. The normalized spacial score (nSPS) is 12.1. The predicted octanol–water partition coefficient (Wildman–Crippen LogP) is 2.04. The van der Waals surface area contributed by atoms with Crippen molar-refractivity contribution in [1.29, 1.82) is 0 Å². The van der Waals surface area contributed by atoms with Crippen molar-refractivity contribution in [2.75, 3.05) is 0 Å². The number of hydrogen-bond acceptors (Lipinski definition) is 4. The maximum absolute atomic E-state index is 12.0. The summed E-state index contributed by atoms with van der Waals surface area (Å²) in [6, 6.07) is 0. The van der Waals surface area contributed by atoms with Crippen LogP contribution in [-0.2, 0) is 19.4 Å². The molecule has 0 unspecified atom stereocenters. The molecule has 0 aliphatic heterocycles. The van der Waals surface area contributed by atoms with Gasteiger partial charge in [0.15, 0.2) is 0 Å². The number of halogens is 6. The molecule has 0 rings (SSSR count). The smallest absolute Gasteiger partial charge is 0.239 e. The highest BCUT2D eigenvalue weighted by Gasteiger charge is 2.43. The monoisotopic (exact) mass is 442 g/mol. The van der Waals surface area contributed by atoms with E-state index in [-0.39, 0.29) is 0 Å². The average Bonchev–Trinajstić information content (AvgIpc) is 1.95. The van der Waals surface area contributed by atoms with Crippen LogP contribution in [0.15, 0.2) is 0 Å². The Balaban J connectivity index is 4.10. The van der Waals surface area contributed by atoms with Crippen LogP contribution in [0.3, 0.4) is 0 Å². The van der Waals surface area contributed by atoms with Crippen LogP contribution in [0.1, 0.15) is 0 Å². The number of rotatable bonds is 2. The van der Waals surface area contributed by atoms with Gasteiger partial charge in [0.1, 0.15) is 0 Å². The molecule has 0 heterocycles. The van der Waals surface area contributed by atoms with E-state index in [0.717, 1.165) is 0 Å². The lowest BCUT2D eigenvalue weighted by Gasteiger charge is -2.08. The Bertz CT molecular complexity index is 219. The Labute approximate surface area is 101 Å². The highest BCUT2D eigenvalue weighted by molar-refractivity contribution is 14.1. The third kappa shape index (κ3) is 5.11. The fourth-order valence-corrected chi connectivity index (χ4v) is 0.350. The molecular weight excluding hydrogens is 442 g/mol. The largest absolute Gasteiger partial charge is 0.434 e. The van der Waals surface area contributed by atoms with Crippen LogP contribution < -0.4 is 0 Å². The highest BCUT2D eigenvalue weighted by Crippen LogP contribution is 2.26. The summed E-state index contributed by atoms with van der Waals surface area (Å²) in [5.41, 5.74) is 0. The standard InChI is InChI=1S/C4F4I2O4/c5-3(6,9)1(11)13-14-2(12)4(7,8)10. The molecule has 0 aliphatic rings. The molecule has 0 fully saturated rings. The SMILES string of the molecule is O=C(OOC(=O)C(F)(F)I)C(F)(F)I. The Hall–Kier alpha value is 0.120. The molecule has 10 heteroatoms. The summed E-state index contributed by atoms with van der Waals surface area (Å²) in [6.45, 7) is 0. The van der Waals surface area contributed by atoms with Gasteiger partial charge in [0, 0.05) is 45.2 Å². The van der Waals surface area contributed by atoms with Crippen molar-refractivity contribution in [1.82, 2.24) is 0 Å². The average molecular weight is 442 g/mol. The van der Waals surface area contributed by atoms with Gasteiger partial charge in [-0.25, -0.2) is 19.4 Å². The Morgan fingerprint density at radius 2 is 1.07 bits per heavy atom. The van der Waals surface area contributed by atoms with E-state index in [4.69, 9.17) is 0 Å². The molecule has 0 saturated heterocycles. The summed E-state index contributed by atoms with van der Waals surface area (Å²) in [4.78, 5) is 26.7. The van der Waals surface area contributed by atoms with Crippen LogP contribution in [0.2, 0.25) is 0 Å². The summed E-state index contributed by atoms with van der Waals surface area (Å²) < 4.78 is 40.1. The molecule has 0 atom stereocenters. The molecule has 0 aromatic rings. The summed E-state index contributed by atoms with van der Waals surface area (Å²) in [5.74, 6) is -4.49. The Kier molecular flexibility index (Phi) is 4.80. The minimum absolute atomic E-state index is 0.382. The van der Waals surface area contributed by atoms with Crippen molar-refractivity contribution >= 4 is 57.1 Å². The zero-order valence-corrected chi connectivity index (χ0v) is 10.2. The highest BCUT2D eigenvalue weighted by atomic mass is 127. The van der Waals surface area contributed by atoms with Crippen molar-refractivity contribution in [3.8, 4) is 0 Å². The van der Waals surface area contributed by atoms with Crippen LogP contribution in [0.4, 0.5) is 17.6 Å². The lowest BCUT2D eigenvalue weighted by Crippen LogP contribution is -2.29. The summed E-state index contributed by atoms with van der Waals surface area (Å²) in [7, 11) is 0. The molecular formula is C4F4I2O4. The topological polar surface area (TPSA) is 52.6 Å². The molecule has 0 aromatic heterocycles. The first kappa shape index (κ1) is 14.1. The van der Waals surface area contributed by atoms with E-state index in [1.54, 1.807) is 0 Å². The Morgan fingerprint density at radius 1 is 0.857 bits per heavy atom. The first-order valence-electron chi connectivity index (χ1n) is 2.62. The third-order valence-corrected chi connectivity index (χ3v) is 1.54. The van der Waals surface area contributed by atoms with Gasteiger partial charge in [-0.3, -0.25) is 0 Å². The van der Waals surface area contributed by atoms with Gasteiger partial charge in [0.05, 0.1) is 0 Å². The fourth-order valence-electron chi connectivity index (χ4n) is 0.170. The van der Waals surface area contributed by atoms with Gasteiger partial charge in [-0.1, -0.05) is 0 Å². The second kappa shape index (κ2) is 4.76. The molecule has 0 amide bonds. The molecule has 4 nitrogen and oxygen atoms in total. The van der Waals surface area contributed by atoms with Crippen LogP contribution >= 0.6 is 45.2 Å². The molecule has 0 spiro atoms. The molecule has 0 N–H and O–H groups in total. The second-order valence-corrected chi connectivity index (χ2v) is 4.45. The van der Waals surface area contributed by atoms with E-state index < -0.39 is 19.8 Å². The van der Waals surface area contributed by atoms with Gasteiger partial charge in [0.2, 0.25) is 0 Å². The number of carbonyl (C=O) groups is 2. The first-order valence-corrected chi connectivity index (χ1v) is 4.77. The number of carbonyl (C=O) groups excluding carboxylic acids is 2. The van der Waals surface area contributed by atoms with Crippen molar-refractivity contribution in [3.63, 3.8) is 0 Å². The molecule has 0 aliphatic carbocycles. The Morgan fingerprint density at radius 3 is 1.21 bits per heavy atom. The van der Waals surface area contributed by atoms with Gasteiger partial charge in [-0.05, 0) is 0 Å². The third-order valence-electron chi connectivity index (χ3n) is 0.656. The van der Waals surface area contributed by atoms with Crippen LogP contribution in [0.25, 0.3) is 0 Å². The van der Waals surface area contributed by atoms with Gasteiger partial charge in [-0.15, -0.1) is 0 Å². The van der Waals surface area contributed by atoms with Gasteiger partial charge >= 0.3 is 19.8 Å². The van der Waals surface area contributed by atoms with Gasteiger partial charge in [0.25, 0.3) is 0 Å². The lowest BCUT2D eigenvalue weighted by molar-refractivity contribution is -0.274. The molecule has 14 heavy (non-hydrogen) atoms. The minimum atomic E-state index is -3.95. The minimum Gasteiger partial charge on any atom is -0.239 e. The van der Waals surface area contributed by atoms with E-state index in [1.165, 1.54) is 0 Å². The quantitative estimate of drug-likeness (QED) is 0.216. The first-order chi connectivity index (χ1) is 6.05. The maximum atomic E-state index is 12.0. The van der Waals surface area contributed by atoms with Crippen LogP contribution in [-0.4, -0.2) is 19.8 Å². The van der Waals surface area contributed by atoms with Crippen molar-refractivity contribution in [3.05, 3.63) is 0 Å². The molecule has 0 radical (unpaired) electrons. The molecule has 82 valence electrons. The zero-order chi connectivity index (χ0) is 11.6. The summed E-state index contributed by atoms with van der Waals surface area (Å²) in [6.07, 6.45) is 0. The lowest BCUT2D eigenvalue weighted by atomic mass is 10.7. The van der Waals surface area contributed by atoms with Gasteiger partial charge in [-0.2, -0.15) is 17.6 Å². The van der Waals surface area contributed by atoms with E-state index in [0.29, 0.717) is 45.2 Å². The van der Waals surface area contributed by atoms with Crippen LogP contribution in [0, 0.1) is 0 Å². The summed E-state index contributed by atoms with van der Waals surface area (Å²) >= 11 is 0.764. The molecule has 0 saturated carbocycles. The van der Waals surface area contributed by atoms with Crippen molar-refractivity contribution in [2.24, 2.45) is 0 Å². The zero-order valence-electron chi connectivity index (χ0n) is 5.90. The molecule has 0 aromatic carbocycles. The van der Waals surface area contributed by atoms with Crippen LogP contribution in [0.5, 0.6) is 0 Å². The van der Waals surface area contributed by atoms with E-state index in [9.17, 15) is 27.2 Å². The predicted molar refractivity (Wildman–Crippen MR) is 50.1 cm³/mol. The number of hydrogen-bond donors (Lipinski definition) is 0. The van der Waals surface area contributed by atoms with E-state index >= 15 is 0 Å². The van der Waals surface area contributed by atoms with Crippen molar-refractivity contribution < 1.29 is 36.9 Å². The molecule has 0 bridgehead atoms. The summed E-state index contributed by atoms with van der Waals surface area (Å²) in [5, 5.41) is 0. The maximum Gasteiger partial charge on any atom is 0.434 e. The second-order valence-electron chi connectivity index (χ2n) is 1.74.